The molecule has 0 saturated carbocycles. The number of nitrogens with one attached hydrogen (secondary N) is 1. The molecule has 8 heteroatoms. The second-order valence-electron chi connectivity index (χ2n) is 7.64. The van der Waals surface area contributed by atoms with E-state index in [0.29, 0.717) is 44.4 Å². The predicted octanol–water partition coefficient (Wildman–Crippen LogP) is 3.46. The smallest absolute Gasteiger partial charge is 0.256 e. The Morgan fingerprint density at radius 1 is 0.906 bits per heavy atom. The maximum atomic E-state index is 13.4. The van der Waals surface area contributed by atoms with Gasteiger partial charge in [-0.15, -0.1) is 0 Å². The molecule has 32 heavy (non-hydrogen) atoms. The Kier molecular flexibility index (Phi) is 4.34. The molecule has 4 aromatic rings. The van der Waals surface area contributed by atoms with E-state index in [1.54, 1.807) is 43.4 Å². The fraction of sp³-hybridized carbons (Fsp3) is 0.0833. The van der Waals surface area contributed by atoms with Gasteiger partial charge in [-0.05, 0) is 47.9 Å². The summed E-state index contributed by atoms with van der Waals surface area (Å²) in [7, 11) is -3.01. The van der Waals surface area contributed by atoms with E-state index in [2.05, 4.69) is 5.32 Å². The van der Waals surface area contributed by atoms with Crippen LogP contribution in [0.3, 0.4) is 0 Å². The molecule has 0 bridgehead atoms. The summed E-state index contributed by atoms with van der Waals surface area (Å²) >= 11 is 0. The molecule has 0 amide bonds. The van der Waals surface area contributed by atoms with Crippen LogP contribution in [0.25, 0.3) is 27.7 Å². The third-order valence-corrected chi connectivity index (χ3v) is 6.82. The fourth-order valence-corrected chi connectivity index (χ4v) is 5.13. The topological polar surface area (TPSA) is 108 Å². The van der Waals surface area contributed by atoms with Crippen molar-refractivity contribution >= 4 is 32.5 Å². The molecule has 0 radical (unpaired) electrons. The van der Waals surface area contributed by atoms with E-state index in [1.807, 2.05) is 6.07 Å². The van der Waals surface area contributed by atoms with Gasteiger partial charge in [-0.1, -0.05) is 30.3 Å². The molecule has 0 unspecified atom stereocenters. The third kappa shape index (κ3) is 2.80. The van der Waals surface area contributed by atoms with Crippen molar-refractivity contribution in [3.05, 3.63) is 87.7 Å². The van der Waals surface area contributed by atoms with E-state index in [4.69, 9.17) is 0 Å². The zero-order chi connectivity index (χ0) is 22.8. The number of anilines is 1. The number of hydrogen-bond donors (Lipinski definition) is 1. The maximum Gasteiger partial charge on any atom is 0.256 e. The lowest BCUT2D eigenvalue weighted by Crippen LogP contribution is -2.22. The highest BCUT2D eigenvalue weighted by Gasteiger charge is 2.29. The molecule has 1 heterocycles. The Morgan fingerprint density at radius 3 is 2.31 bits per heavy atom. The minimum Gasteiger partial charge on any atom is -0.744 e. The van der Waals surface area contributed by atoms with Crippen molar-refractivity contribution in [3.8, 4) is 16.8 Å². The van der Waals surface area contributed by atoms with E-state index in [-0.39, 0.29) is 16.4 Å². The fourth-order valence-electron chi connectivity index (χ4n) is 4.40. The summed E-state index contributed by atoms with van der Waals surface area (Å²) in [6.07, 6.45) is 0. The number of benzene rings is 3. The lowest BCUT2D eigenvalue weighted by Gasteiger charge is -2.24. The van der Waals surface area contributed by atoms with Gasteiger partial charge in [0.2, 0.25) is 0 Å². The van der Waals surface area contributed by atoms with Crippen LogP contribution in [0, 0.1) is 6.92 Å². The van der Waals surface area contributed by atoms with Crippen LogP contribution in [0.4, 0.5) is 5.69 Å². The molecule has 1 aromatic heterocycles. The molecular formula is C24H17N2O5S-. The predicted molar refractivity (Wildman–Crippen MR) is 121 cm³/mol. The monoisotopic (exact) mass is 445 g/mol. The maximum absolute atomic E-state index is 13.4. The zero-order valence-corrected chi connectivity index (χ0v) is 18.0. The number of hydrogen-bond acceptors (Lipinski definition) is 6. The zero-order valence-electron chi connectivity index (χ0n) is 17.2. The average Bonchev–Trinajstić information content (AvgIpc) is 2.76. The van der Waals surface area contributed by atoms with Gasteiger partial charge >= 0.3 is 0 Å². The van der Waals surface area contributed by atoms with Gasteiger partial charge in [0, 0.05) is 29.8 Å². The molecule has 3 aromatic carbocycles. The van der Waals surface area contributed by atoms with E-state index in [0.717, 1.165) is 0 Å². The summed E-state index contributed by atoms with van der Waals surface area (Å²) in [6, 6.07) is 16.3. The molecule has 7 nitrogen and oxygen atoms in total. The van der Waals surface area contributed by atoms with Crippen LogP contribution >= 0.6 is 0 Å². The van der Waals surface area contributed by atoms with Gasteiger partial charge in [0.05, 0.1) is 21.7 Å². The first kappa shape index (κ1) is 20.2. The van der Waals surface area contributed by atoms with E-state index >= 15 is 0 Å². The van der Waals surface area contributed by atoms with Gasteiger partial charge in [0.1, 0.15) is 10.1 Å². The molecule has 0 aliphatic heterocycles. The van der Waals surface area contributed by atoms with Crippen molar-refractivity contribution in [2.75, 3.05) is 12.4 Å². The molecule has 5 rings (SSSR count). The third-order valence-electron chi connectivity index (χ3n) is 5.84. The Balaban J connectivity index is 1.95. The Morgan fingerprint density at radius 2 is 1.62 bits per heavy atom. The Bertz CT molecular complexity index is 1630. The molecule has 160 valence electrons. The molecule has 0 spiro atoms. The van der Waals surface area contributed by atoms with Gasteiger partial charge in [-0.2, -0.15) is 0 Å². The van der Waals surface area contributed by atoms with Gasteiger partial charge in [-0.25, -0.2) is 8.42 Å². The molecule has 0 saturated heterocycles. The SMILES string of the molecule is CNc1ccc2c3c(cc(=O)n2-c2ccc(C)c(S(=O)(=O)[O-])c2)-c2ccccc2C(=O)c13. The van der Waals surface area contributed by atoms with Crippen molar-refractivity contribution in [1.82, 2.24) is 4.57 Å². The average molecular weight is 445 g/mol. The molecule has 0 fully saturated rings. The molecule has 0 atom stereocenters. The summed E-state index contributed by atoms with van der Waals surface area (Å²) in [5, 5.41) is 3.63. The largest absolute Gasteiger partial charge is 0.744 e. The summed E-state index contributed by atoms with van der Waals surface area (Å²) in [5.41, 5.74) is 3.44. The van der Waals surface area contributed by atoms with Gasteiger partial charge in [0.25, 0.3) is 5.56 Å². The summed E-state index contributed by atoms with van der Waals surface area (Å²) < 4.78 is 36.5. The summed E-state index contributed by atoms with van der Waals surface area (Å²) in [6.45, 7) is 1.52. The number of fused-ring (bicyclic) bond motifs is 2. The number of carbonyl (C=O) groups is 1. The number of pyridine rings is 1. The van der Waals surface area contributed by atoms with Crippen molar-refractivity contribution < 1.29 is 17.8 Å². The highest BCUT2D eigenvalue weighted by molar-refractivity contribution is 7.85. The first-order chi connectivity index (χ1) is 15.2. The number of ketones is 1. The lowest BCUT2D eigenvalue weighted by atomic mass is 9.83. The van der Waals surface area contributed by atoms with Crippen LogP contribution < -0.4 is 10.9 Å². The number of aromatic nitrogens is 1. The van der Waals surface area contributed by atoms with Crippen molar-refractivity contribution in [2.45, 2.75) is 11.8 Å². The number of carbonyl (C=O) groups excluding carboxylic acids is 1. The van der Waals surface area contributed by atoms with Crippen LogP contribution in [0.2, 0.25) is 0 Å². The molecule has 1 aliphatic rings. The number of nitrogens with zero attached hydrogens (tertiary/aromatic N) is 1. The van der Waals surface area contributed by atoms with Crippen LogP contribution in [0.15, 0.2) is 70.4 Å². The van der Waals surface area contributed by atoms with Crippen molar-refractivity contribution in [3.63, 3.8) is 0 Å². The quantitative estimate of drug-likeness (QED) is 0.426. The summed E-state index contributed by atoms with van der Waals surface area (Å²) in [4.78, 5) is 26.3. The second-order valence-corrected chi connectivity index (χ2v) is 8.99. The first-order valence-electron chi connectivity index (χ1n) is 9.84. The first-order valence-corrected chi connectivity index (χ1v) is 11.2. The van der Waals surface area contributed by atoms with E-state index < -0.39 is 15.7 Å². The second kappa shape index (κ2) is 6.88. The van der Waals surface area contributed by atoms with Crippen LogP contribution in [0.5, 0.6) is 0 Å². The Labute approximate surface area is 183 Å². The molecule has 1 aliphatic carbocycles. The van der Waals surface area contributed by atoms with Crippen LogP contribution in [-0.2, 0) is 10.1 Å². The van der Waals surface area contributed by atoms with E-state index in [9.17, 15) is 22.6 Å². The molecular weight excluding hydrogens is 428 g/mol. The van der Waals surface area contributed by atoms with Crippen molar-refractivity contribution in [2.24, 2.45) is 0 Å². The van der Waals surface area contributed by atoms with E-state index in [1.165, 1.54) is 29.7 Å². The van der Waals surface area contributed by atoms with Crippen molar-refractivity contribution in [1.29, 1.82) is 0 Å². The molecule has 1 N–H and O–H groups in total. The highest BCUT2D eigenvalue weighted by Crippen LogP contribution is 2.41. The minimum absolute atomic E-state index is 0.167. The standard InChI is InChI=1S/C24H18N2O5S/c1-13-7-8-14(11-20(13)32(29,30)31)26-19-10-9-18(25-2)23-22(19)17(12-21(26)27)15-5-3-4-6-16(15)24(23)28/h3-12,25H,1-2H3,(H,29,30,31)/p-1. The van der Waals surface area contributed by atoms with Gasteiger partial charge in [0.15, 0.2) is 5.78 Å². The minimum atomic E-state index is -4.73. The number of aryl methyl sites for hydroxylation is 1. The van der Waals surface area contributed by atoms with Gasteiger partial charge < -0.3 is 9.87 Å². The Hall–Kier alpha value is -3.75. The highest BCUT2D eigenvalue weighted by atomic mass is 32.2. The number of rotatable bonds is 3. The van der Waals surface area contributed by atoms with Crippen LogP contribution in [0.1, 0.15) is 21.5 Å². The van der Waals surface area contributed by atoms with Gasteiger partial charge in [-0.3, -0.25) is 14.2 Å². The lowest BCUT2D eigenvalue weighted by molar-refractivity contribution is 0.104. The van der Waals surface area contributed by atoms with Crippen LogP contribution in [-0.4, -0.2) is 30.4 Å². The normalized spacial score (nSPS) is 12.7. The summed E-state index contributed by atoms with van der Waals surface area (Å²) in [5.74, 6) is -0.167.